The summed E-state index contributed by atoms with van der Waals surface area (Å²) in [6.45, 7) is 18.8. The van der Waals surface area contributed by atoms with Gasteiger partial charge in [0.2, 0.25) is 20.0 Å². The summed E-state index contributed by atoms with van der Waals surface area (Å²) < 4.78 is 88.4. The lowest BCUT2D eigenvalue weighted by Gasteiger charge is -2.41. The zero-order valence-electron chi connectivity index (χ0n) is 52.4. The summed E-state index contributed by atoms with van der Waals surface area (Å²) in [6.07, 6.45) is 26.1. The Labute approximate surface area is 530 Å². The number of nitrogens with two attached hydrogens (primary N) is 4. The van der Waals surface area contributed by atoms with E-state index in [1.165, 1.54) is 0 Å². The van der Waals surface area contributed by atoms with E-state index in [9.17, 15) is 25.3 Å². The van der Waals surface area contributed by atoms with Crippen molar-refractivity contribution in [2.24, 2.45) is 0 Å². The Hall–Kier alpha value is -5.26. The molecule has 492 valence electrons. The number of nitrogen functional groups attached to an aromatic ring is 4. The third-order valence-corrected chi connectivity index (χ3v) is 30.8. The quantitative estimate of drug-likeness (QED) is 0.142. The molecule has 2 unspecified atom stereocenters. The van der Waals surface area contributed by atoms with Crippen molar-refractivity contribution in [2.45, 2.75) is 136 Å². The highest BCUT2D eigenvalue weighted by atomic mass is 32.2. The first kappa shape index (κ1) is 66.7. The van der Waals surface area contributed by atoms with Crippen LogP contribution in [0.1, 0.15) is 101 Å². The van der Waals surface area contributed by atoms with E-state index in [-0.39, 0.29) is 32.3 Å². The highest BCUT2D eigenvalue weighted by Crippen LogP contribution is 2.37. The molecule has 2 bridgehead atoms. The Morgan fingerprint density at radius 3 is 1.26 bits per heavy atom. The van der Waals surface area contributed by atoms with E-state index in [1.807, 2.05) is 36.5 Å². The molecule has 10 fully saturated rings. The predicted molar refractivity (Wildman–Crippen MR) is 366 cm³/mol. The van der Waals surface area contributed by atoms with E-state index in [2.05, 4.69) is 60.5 Å². The Morgan fingerprint density at radius 2 is 0.831 bits per heavy atom. The lowest BCUT2D eigenvalue weighted by molar-refractivity contribution is 0.0989. The first-order valence-corrected chi connectivity index (χ1v) is 38.8. The van der Waals surface area contributed by atoms with Gasteiger partial charge in [-0.25, -0.2) is 25.4 Å². The summed E-state index contributed by atoms with van der Waals surface area (Å²) in [5, 5.41) is 0.146. The second kappa shape index (κ2) is 29.1. The van der Waals surface area contributed by atoms with Gasteiger partial charge in [-0.1, -0.05) is 0 Å². The smallest absolute Gasteiger partial charge is 0.217 e. The van der Waals surface area contributed by atoms with Crippen molar-refractivity contribution in [2.75, 3.05) is 160 Å². The number of piperidine rings is 5. The minimum atomic E-state index is -3.23. The van der Waals surface area contributed by atoms with Gasteiger partial charge in [0.15, 0.2) is 0 Å². The highest BCUT2D eigenvalue weighted by Gasteiger charge is 2.43. The lowest BCUT2D eigenvalue weighted by atomic mass is 10.1. The fraction of sp³-hybridized carbons (Fsp3) is 0.645. The van der Waals surface area contributed by atoms with Gasteiger partial charge in [0.1, 0.15) is 0 Å². The van der Waals surface area contributed by atoms with Gasteiger partial charge in [0, 0.05) is 161 Å². The topological polar surface area (TPSA) is 293 Å². The number of ether oxygens (including phenoxy) is 1. The third kappa shape index (κ3) is 15.3. The fourth-order valence-corrected chi connectivity index (χ4v) is 23.3. The molecule has 14 rings (SSSR count). The van der Waals surface area contributed by atoms with E-state index in [0.717, 1.165) is 196 Å². The molecule has 8 N–H and O–H groups in total. The zero-order valence-corrected chi connectivity index (χ0v) is 55.7. The molecule has 0 radical (unpaired) electrons. The molecule has 0 spiro atoms. The van der Waals surface area contributed by atoms with E-state index in [0.29, 0.717) is 68.1 Å². The summed E-state index contributed by atoms with van der Waals surface area (Å²) in [7, 11) is -10.4. The van der Waals surface area contributed by atoms with Crippen LogP contribution in [0.25, 0.3) is 0 Å². The molecular weight excluding hydrogens is 1210 g/mol. The van der Waals surface area contributed by atoms with E-state index in [1.54, 1.807) is 47.7 Å². The van der Waals surface area contributed by atoms with Crippen LogP contribution in [0, 0.1) is 13.8 Å². The molecule has 10 aliphatic heterocycles. The average molecular weight is 1310 g/mol. The van der Waals surface area contributed by atoms with Gasteiger partial charge in [-0.05, 0) is 161 Å². The van der Waals surface area contributed by atoms with Gasteiger partial charge in [-0.3, -0.25) is 28.4 Å². The van der Waals surface area contributed by atoms with Crippen molar-refractivity contribution in [1.29, 1.82) is 0 Å². The van der Waals surface area contributed by atoms with Gasteiger partial charge in [-0.2, -0.15) is 4.31 Å². The van der Waals surface area contributed by atoms with Crippen LogP contribution in [0.5, 0.6) is 0 Å². The molecule has 0 aromatic carbocycles. The molecule has 14 heterocycles. The summed E-state index contributed by atoms with van der Waals surface area (Å²) in [5.41, 5.74) is 33.0. The molecule has 27 heteroatoms. The van der Waals surface area contributed by atoms with Gasteiger partial charge in [0.25, 0.3) is 0 Å². The Bertz CT molecular complexity index is 3420. The molecule has 4 aromatic heterocycles. The fourth-order valence-electron chi connectivity index (χ4n) is 14.4. The van der Waals surface area contributed by atoms with Crippen molar-refractivity contribution in [3.8, 4) is 0 Å². The van der Waals surface area contributed by atoms with Crippen LogP contribution in [0.15, 0.2) is 61.7 Å². The average Bonchev–Trinajstić information content (AvgIpc) is 2.50. The maximum atomic E-state index is 13.3. The number of rotatable bonds is 12. The van der Waals surface area contributed by atoms with Crippen LogP contribution in [-0.4, -0.2) is 225 Å². The SMILES string of the molecule is C=S(=O)(C1CCN(c2ccncc2N)CC1)N1CCC1.C=S(=O)(C1CCOCC1)C1CCN(c2ccncc2N)CC1.Cc1cncc(N)c1N1CCC(S(=O)(=O)N2CCC2)CC1.Cc1cncc(N)c1N1CCC(S(=O)(=O)N2CCN3CCC2CC3)CC1. The number of sulfonamides is 2. The summed E-state index contributed by atoms with van der Waals surface area (Å²) >= 11 is 0. The van der Waals surface area contributed by atoms with E-state index >= 15 is 0 Å². The molecule has 23 nitrogen and oxygen atoms in total. The van der Waals surface area contributed by atoms with Crippen molar-refractivity contribution in [3.05, 3.63) is 72.8 Å². The van der Waals surface area contributed by atoms with Crippen molar-refractivity contribution >= 4 is 96.5 Å². The Morgan fingerprint density at radius 1 is 0.427 bits per heavy atom. The highest BCUT2D eigenvalue weighted by molar-refractivity contribution is 8.01. The standard InChI is InChI=1S/C18H29N5O2S.C16H25N3O2S.C14H22N4O2S.C14H22N4OS/c1-14-12-20-13-17(19)18(14)22-8-4-16(5-9-22)26(24,25)23-11-10-21-6-2-15(23)3-7-21;1-22(20,14-5-10-21-11-6-14)13-3-8-19(9-4-13)16-2-7-18-12-15(16)17;1-11-9-16-10-13(15)14(11)17-7-3-12(4-8-17)21(19,20)18-5-2-6-18;1-20(19,18-7-2-8-18)12-4-9-17(10-5-12)14-3-6-16-11-13(14)15/h12-13,15-16H,2-11,19H2,1H3;2,7,12-14H,1,3-6,8-11,17H2;9-10,12H,2-8,15H2,1H3;3,6,11-12H,1-2,4-5,7-10,15H2. The number of fused-ring (bicyclic) bond motifs is 4. The predicted octanol–water partition coefficient (Wildman–Crippen LogP) is 4.53. The van der Waals surface area contributed by atoms with Crippen molar-refractivity contribution in [1.82, 2.24) is 37.8 Å². The van der Waals surface area contributed by atoms with Crippen LogP contribution >= 0.6 is 0 Å². The molecule has 0 aliphatic carbocycles. The van der Waals surface area contributed by atoms with Gasteiger partial charge < -0.3 is 52.2 Å². The number of hydrogen-bond donors (Lipinski definition) is 4. The Kier molecular flexibility index (Phi) is 21.8. The number of aromatic nitrogens is 4. The largest absolute Gasteiger partial charge is 0.396 e. The molecular formula is C62H98N16O7S4. The van der Waals surface area contributed by atoms with Crippen molar-refractivity contribution < 1.29 is 30.0 Å². The van der Waals surface area contributed by atoms with Crippen LogP contribution in [-0.2, 0) is 44.0 Å². The summed E-state index contributed by atoms with van der Waals surface area (Å²) in [5.74, 6) is 8.18. The van der Waals surface area contributed by atoms with Gasteiger partial charge in [-0.15, -0.1) is 0 Å². The Balaban J connectivity index is 0.000000131. The number of anilines is 8. The minimum absolute atomic E-state index is 0.204. The molecule has 4 aromatic rings. The normalized spacial score (nSPS) is 24.7. The maximum Gasteiger partial charge on any atom is 0.217 e. The lowest BCUT2D eigenvalue weighted by Crippen LogP contribution is -2.50. The molecule has 10 saturated heterocycles. The van der Waals surface area contributed by atoms with Crippen LogP contribution < -0.4 is 42.5 Å². The number of nitrogens with zero attached hydrogens (tertiary/aromatic N) is 12. The first-order chi connectivity index (χ1) is 42.6. The summed E-state index contributed by atoms with van der Waals surface area (Å²) in [4.78, 5) is 27.6. The van der Waals surface area contributed by atoms with E-state index < -0.39 is 39.3 Å². The zero-order chi connectivity index (χ0) is 63.1. The monoisotopic (exact) mass is 1310 g/mol. The second-order valence-corrected chi connectivity index (χ2v) is 35.3. The first-order valence-electron chi connectivity index (χ1n) is 32.2. The van der Waals surface area contributed by atoms with E-state index in [4.69, 9.17) is 27.7 Å². The van der Waals surface area contributed by atoms with Crippen LogP contribution in [0.3, 0.4) is 0 Å². The van der Waals surface area contributed by atoms with Gasteiger partial charge in [0.05, 0.1) is 80.8 Å². The summed E-state index contributed by atoms with van der Waals surface area (Å²) in [6, 6.07) is 4.11. The number of hydrogen-bond acceptors (Lipinski definition) is 20. The molecule has 0 amide bonds. The second-order valence-electron chi connectivity index (χ2n) is 25.5. The molecule has 0 saturated carbocycles. The molecule has 89 heavy (non-hydrogen) atoms. The van der Waals surface area contributed by atoms with Gasteiger partial charge >= 0.3 is 0 Å². The van der Waals surface area contributed by atoms with Crippen LogP contribution in [0.2, 0.25) is 0 Å². The minimum Gasteiger partial charge on any atom is -0.396 e. The third-order valence-electron chi connectivity index (χ3n) is 20.0. The maximum absolute atomic E-state index is 13.3. The molecule has 2 atom stereocenters. The molecule has 10 aliphatic rings. The van der Waals surface area contributed by atoms with Crippen LogP contribution in [0.4, 0.5) is 45.5 Å². The number of pyridine rings is 4. The van der Waals surface area contributed by atoms with Crippen molar-refractivity contribution in [3.63, 3.8) is 0 Å². The number of aryl methyl sites for hydroxylation is 2.